The average molecular weight is 347 g/mol. The predicted octanol–water partition coefficient (Wildman–Crippen LogP) is 0.668. The molecule has 1 rings (SSSR count). The van der Waals surface area contributed by atoms with E-state index in [-0.39, 0.29) is 0 Å². The molecule has 0 aromatic carbocycles. The Balaban J connectivity index is 3.12. The molecular weight excluding hydrogens is 326 g/mol. The Hall–Kier alpha value is -1.74. The molecule has 5 atom stereocenters. The largest absolute Gasteiger partial charge is 0.458 e. The van der Waals surface area contributed by atoms with Crippen LogP contribution >= 0.6 is 12.2 Å². The molecule has 23 heavy (non-hydrogen) atoms. The fourth-order valence-corrected chi connectivity index (χ4v) is 2.39. The van der Waals surface area contributed by atoms with Gasteiger partial charge in [-0.1, -0.05) is 19.1 Å². The molecule has 1 aliphatic rings. The third-order valence-electron chi connectivity index (χ3n) is 3.08. The van der Waals surface area contributed by atoms with Gasteiger partial charge in [-0.3, -0.25) is 14.4 Å². The molecule has 0 aromatic heterocycles. The van der Waals surface area contributed by atoms with Gasteiger partial charge in [-0.05, 0) is 6.92 Å². The van der Waals surface area contributed by atoms with Gasteiger partial charge in [-0.25, -0.2) is 0 Å². The zero-order chi connectivity index (χ0) is 17.7. The van der Waals surface area contributed by atoms with E-state index in [9.17, 15) is 14.4 Å². The maximum Gasteiger partial charge on any atom is 0.304 e. The molecule has 0 saturated carbocycles. The lowest BCUT2D eigenvalue weighted by molar-refractivity contribution is -0.278. The first-order valence-electron chi connectivity index (χ1n) is 7.06. The second-order valence-corrected chi connectivity index (χ2v) is 5.85. The summed E-state index contributed by atoms with van der Waals surface area (Å²) >= 11 is 4.98. The molecular formula is C14H21NO7S. The molecule has 1 saturated heterocycles. The van der Waals surface area contributed by atoms with E-state index >= 15 is 0 Å². The van der Waals surface area contributed by atoms with E-state index < -0.39 is 48.6 Å². The molecule has 5 unspecified atom stereocenters. The highest BCUT2D eigenvalue weighted by molar-refractivity contribution is 7.80. The van der Waals surface area contributed by atoms with Crippen molar-refractivity contribution in [2.45, 2.75) is 59.3 Å². The Morgan fingerprint density at radius 3 is 1.83 bits per heavy atom. The van der Waals surface area contributed by atoms with Crippen LogP contribution in [0.5, 0.6) is 0 Å². The molecule has 0 amide bonds. The monoisotopic (exact) mass is 347 g/mol. The zero-order valence-corrected chi connectivity index (χ0v) is 14.5. The summed E-state index contributed by atoms with van der Waals surface area (Å²) in [5.41, 5.74) is 0. The van der Waals surface area contributed by atoms with E-state index in [2.05, 4.69) is 5.32 Å². The van der Waals surface area contributed by atoms with Crippen LogP contribution in [0.15, 0.2) is 0 Å². The maximum atomic E-state index is 11.4. The molecule has 8 nitrogen and oxygen atoms in total. The second kappa shape index (κ2) is 8.21. The summed E-state index contributed by atoms with van der Waals surface area (Å²) in [6.45, 7) is 6.99. The number of esters is 3. The van der Waals surface area contributed by atoms with Gasteiger partial charge >= 0.3 is 17.9 Å². The average Bonchev–Trinajstić information content (AvgIpc) is 2.37. The van der Waals surface area contributed by atoms with Crippen LogP contribution in [0.3, 0.4) is 0 Å². The molecule has 0 radical (unpaired) electrons. The first-order valence-corrected chi connectivity index (χ1v) is 7.46. The van der Waals surface area contributed by atoms with E-state index in [1.54, 1.807) is 13.8 Å². The van der Waals surface area contributed by atoms with Crippen LogP contribution < -0.4 is 5.32 Å². The Bertz CT molecular complexity index is 496. The minimum absolute atomic E-state index is 0.379. The highest BCUT2D eigenvalue weighted by Crippen LogP contribution is 2.30. The number of thiocarbonyl (C=S) groups is 1. The molecule has 0 spiro atoms. The quantitative estimate of drug-likeness (QED) is 0.447. The summed E-state index contributed by atoms with van der Waals surface area (Å²) in [5.74, 6) is -2.22. The normalized spacial score (nSPS) is 30.0. The first kappa shape index (κ1) is 19.3. The molecule has 1 N–H and O–H groups in total. The fraction of sp³-hybridized carbons (Fsp3) is 0.714. The van der Waals surface area contributed by atoms with Gasteiger partial charge in [0.15, 0.2) is 18.4 Å². The summed E-state index contributed by atoms with van der Waals surface area (Å²) in [7, 11) is 0. The lowest BCUT2D eigenvalue weighted by atomic mass is 9.94. The molecule has 1 fully saturated rings. The zero-order valence-electron chi connectivity index (χ0n) is 13.7. The summed E-state index contributed by atoms with van der Waals surface area (Å²) in [4.78, 5) is 34.4. The van der Waals surface area contributed by atoms with E-state index in [1.807, 2.05) is 0 Å². The van der Waals surface area contributed by atoms with Crippen LogP contribution in [-0.4, -0.2) is 47.6 Å². The van der Waals surface area contributed by atoms with Crippen LogP contribution in [0.2, 0.25) is 0 Å². The Morgan fingerprint density at radius 1 is 0.913 bits per heavy atom. The van der Waals surface area contributed by atoms with Gasteiger partial charge in [0.25, 0.3) is 0 Å². The van der Waals surface area contributed by atoms with Crippen LogP contribution in [-0.2, 0) is 33.3 Å². The van der Waals surface area contributed by atoms with Gasteiger partial charge < -0.3 is 24.3 Å². The van der Waals surface area contributed by atoms with Gasteiger partial charge in [0.2, 0.25) is 6.29 Å². The lowest BCUT2D eigenvalue weighted by Crippen LogP contribution is -2.62. The van der Waals surface area contributed by atoms with Crippen molar-refractivity contribution in [1.29, 1.82) is 0 Å². The third kappa shape index (κ3) is 5.76. The van der Waals surface area contributed by atoms with Gasteiger partial charge in [0.05, 0.1) is 10.9 Å². The minimum atomic E-state index is -0.976. The Kier molecular flexibility index (Phi) is 6.89. The SMILES string of the molecule is CC(=O)OC1OC(NC(C)=S)C(OC(C)=O)C(OC(C)=O)C1C. The van der Waals surface area contributed by atoms with E-state index in [1.165, 1.54) is 20.8 Å². The highest BCUT2D eigenvalue weighted by Gasteiger charge is 2.49. The molecule has 1 aliphatic heterocycles. The molecule has 9 heteroatoms. The standard InChI is InChI=1S/C14H21NO7S/c1-6-11(19-8(3)16)12(20-9(4)17)13(15-7(2)23)22-14(6)21-10(5)18/h6,11-14H,1-5H3,(H,15,23). The number of nitrogens with one attached hydrogen (secondary N) is 1. The van der Waals surface area contributed by atoms with Crippen LogP contribution in [0, 0.1) is 5.92 Å². The summed E-state index contributed by atoms with van der Waals surface area (Å²) < 4.78 is 21.2. The fourth-order valence-electron chi connectivity index (χ4n) is 2.27. The summed E-state index contributed by atoms with van der Waals surface area (Å²) in [6.07, 6.45) is -3.69. The second-order valence-electron chi connectivity index (χ2n) is 5.24. The Morgan fingerprint density at radius 2 is 1.39 bits per heavy atom. The van der Waals surface area contributed by atoms with Crippen molar-refractivity contribution in [3.8, 4) is 0 Å². The molecule has 0 bridgehead atoms. The van der Waals surface area contributed by atoms with Crippen molar-refractivity contribution in [3.63, 3.8) is 0 Å². The van der Waals surface area contributed by atoms with Crippen LogP contribution in [0.4, 0.5) is 0 Å². The molecule has 0 aromatic rings. The van der Waals surface area contributed by atoms with Gasteiger partial charge in [0, 0.05) is 20.8 Å². The van der Waals surface area contributed by atoms with Crippen molar-refractivity contribution in [2.24, 2.45) is 5.92 Å². The van der Waals surface area contributed by atoms with Crippen molar-refractivity contribution < 1.29 is 33.3 Å². The summed E-state index contributed by atoms with van der Waals surface area (Å²) in [5, 5.41) is 2.81. The highest BCUT2D eigenvalue weighted by atomic mass is 32.1. The van der Waals surface area contributed by atoms with E-state index in [0.717, 1.165) is 0 Å². The van der Waals surface area contributed by atoms with Crippen LogP contribution in [0.1, 0.15) is 34.6 Å². The van der Waals surface area contributed by atoms with E-state index in [4.69, 9.17) is 31.2 Å². The van der Waals surface area contributed by atoms with Crippen molar-refractivity contribution in [1.82, 2.24) is 5.32 Å². The number of rotatable bonds is 4. The first-order chi connectivity index (χ1) is 10.6. The topological polar surface area (TPSA) is 100 Å². The minimum Gasteiger partial charge on any atom is -0.458 e. The number of carbonyl (C=O) groups is 3. The van der Waals surface area contributed by atoms with Crippen LogP contribution in [0.25, 0.3) is 0 Å². The maximum absolute atomic E-state index is 11.4. The predicted molar refractivity (Wildman–Crippen MR) is 82.1 cm³/mol. The third-order valence-corrected chi connectivity index (χ3v) is 3.20. The Labute approximate surface area is 139 Å². The van der Waals surface area contributed by atoms with E-state index in [0.29, 0.717) is 4.99 Å². The van der Waals surface area contributed by atoms with Gasteiger partial charge in [0.1, 0.15) is 0 Å². The van der Waals surface area contributed by atoms with Crippen molar-refractivity contribution in [2.75, 3.05) is 0 Å². The molecule has 1 heterocycles. The number of carbonyl (C=O) groups excluding carboxylic acids is 3. The number of hydrogen-bond donors (Lipinski definition) is 1. The van der Waals surface area contributed by atoms with Crippen molar-refractivity contribution >= 4 is 35.1 Å². The number of ether oxygens (including phenoxy) is 4. The van der Waals surface area contributed by atoms with Crippen molar-refractivity contribution in [3.05, 3.63) is 0 Å². The van der Waals surface area contributed by atoms with Gasteiger partial charge in [-0.2, -0.15) is 0 Å². The number of hydrogen-bond acceptors (Lipinski definition) is 8. The lowest BCUT2D eigenvalue weighted by Gasteiger charge is -2.43. The molecule has 0 aliphatic carbocycles. The molecule has 130 valence electrons. The summed E-state index contributed by atoms with van der Waals surface area (Å²) in [6, 6.07) is 0. The van der Waals surface area contributed by atoms with Gasteiger partial charge in [-0.15, -0.1) is 0 Å². The smallest absolute Gasteiger partial charge is 0.304 e.